The Labute approximate surface area is 126 Å². The van der Waals surface area contributed by atoms with Gasteiger partial charge < -0.3 is 14.8 Å². The van der Waals surface area contributed by atoms with Crippen molar-refractivity contribution in [2.45, 2.75) is 26.4 Å². The van der Waals surface area contributed by atoms with E-state index in [4.69, 9.17) is 9.47 Å². The van der Waals surface area contributed by atoms with Crippen LogP contribution in [0.1, 0.15) is 29.7 Å². The fourth-order valence-corrected chi connectivity index (χ4v) is 2.44. The molecule has 0 saturated carbocycles. The maximum Gasteiger partial charge on any atom is 0.161 e. The van der Waals surface area contributed by atoms with Crippen LogP contribution in [0.2, 0.25) is 0 Å². The molecule has 0 saturated heterocycles. The first-order chi connectivity index (χ1) is 10.2. The van der Waals surface area contributed by atoms with Gasteiger partial charge in [0.25, 0.3) is 0 Å². The van der Waals surface area contributed by atoms with Crippen molar-refractivity contribution in [1.82, 2.24) is 5.32 Å². The van der Waals surface area contributed by atoms with Crippen LogP contribution in [0.4, 0.5) is 0 Å². The minimum absolute atomic E-state index is 0.305. The molecular weight excluding hydrogens is 262 g/mol. The molecule has 0 aliphatic heterocycles. The van der Waals surface area contributed by atoms with E-state index in [-0.39, 0.29) is 0 Å². The zero-order valence-corrected chi connectivity index (χ0v) is 13.1. The minimum atomic E-state index is 0.305. The molecule has 0 aliphatic carbocycles. The van der Waals surface area contributed by atoms with Crippen molar-refractivity contribution in [1.29, 1.82) is 0 Å². The minimum Gasteiger partial charge on any atom is -0.493 e. The summed E-state index contributed by atoms with van der Waals surface area (Å²) in [5.74, 6) is 1.52. The molecule has 1 atom stereocenters. The highest BCUT2D eigenvalue weighted by molar-refractivity contribution is 5.42. The summed E-state index contributed by atoms with van der Waals surface area (Å²) < 4.78 is 10.6. The van der Waals surface area contributed by atoms with E-state index in [0.29, 0.717) is 6.04 Å². The third kappa shape index (κ3) is 3.76. The summed E-state index contributed by atoms with van der Waals surface area (Å²) in [5.41, 5.74) is 3.82. The fraction of sp³-hybridized carbons (Fsp3) is 0.333. The summed E-state index contributed by atoms with van der Waals surface area (Å²) in [6.07, 6.45) is 0. The van der Waals surface area contributed by atoms with E-state index in [1.54, 1.807) is 14.2 Å². The van der Waals surface area contributed by atoms with Gasteiger partial charge in [0.15, 0.2) is 11.5 Å². The molecule has 0 spiro atoms. The van der Waals surface area contributed by atoms with Gasteiger partial charge in [-0.3, -0.25) is 0 Å². The fourth-order valence-electron chi connectivity index (χ4n) is 2.44. The average molecular weight is 285 g/mol. The monoisotopic (exact) mass is 285 g/mol. The highest BCUT2D eigenvalue weighted by Crippen LogP contribution is 2.27. The first kappa shape index (κ1) is 15.4. The molecule has 3 nitrogen and oxygen atoms in total. The molecule has 2 rings (SSSR count). The molecular formula is C18H23NO2. The Bertz CT molecular complexity index is 596. The number of methoxy groups -OCH3 is 2. The Morgan fingerprint density at radius 1 is 1.00 bits per heavy atom. The Hall–Kier alpha value is -2.00. The Balaban J connectivity index is 2.04. The molecule has 2 aromatic carbocycles. The normalized spacial score (nSPS) is 12.0. The second-order valence-electron chi connectivity index (χ2n) is 5.15. The molecule has 0 unspecified atom stereocenters. The van der Waals surface area contributed by atoms with Crippen LogP contribution in [0.25, 0.3) is 0 Å². The van der Waals surface area contributed by atoms with Gasteiger partial charge in [0.05, 0.1) is 14.2 Å². The van der Waals surface area contributed by atoms with Crippen LogP contribution in [0.15, 0.2) is 42.5 Å². The zero-order chi connectivity index (χ0) is 15.2. The molecule has 0 aliphatic rings. The predicted molar refractivity (Wildman–Crippen MR) is 86.0 cm³/mol. The van der Waals surface area contributed by atoms with Crippen LogP contribution >= 0.6 is 0 Å². The number of nitrogens with one attached hydrogen (secondary N) is 1. The van der Waals surface area contributed by atoms with Crippen LogP contribution in [-0.2, 0) is 6.54 Å². The molecule has 0 fully saturated rings. The summed E-state index contributed by atoms with van der Waals surface area (Å²) in [6, 6.07) is 14.8. The van der Waals surface area contributed by atoms with Crippen LogP contribution < -0.4 is 14.8 Å². The van der Waals surface area contributed by atoms with Gasteiger partial charge in [0.2, 0.25) is 0 Å². The second-order valence-corrected chi connectivity index (χ2v) is 5.15. The van der Waals surface area contributed by atoms with Crippen LogP contribution in [-0.4, -0.2) is 14.2 Å². The van der Waals surface area contributed by atoms with Crippen molar-refractivity contribution >= 4 is 0 Å². The van der Waals surface area contributed by atoms with Crippen molar-refractivity contribution in [3.63, 3.8) is 0 Å². The maximum atomic E-state index is 5.33. The summed E-state index contributed by atoms with van der Waals surface area (Å²) in [5, 5.41) is 3.55. The van der Waals surface area contributed by atoms with Gasteiger partial charge in [-0.25, -0.2) is 0 Å². The Kier molecular flexibility index (Phi) is 5.23. The summed E-state index contributed by atoms with van der Waals surface area (Å²) in [7, 11) is 3.31. The molecule has 0 bridgehead atoms. The smallest absolute Gasteiger partial charge is 0.161 e. The SMILES string of the molecule is COc1ccc(CN[C@H](C)c2ccccc2C)cc1OC. The zero-order valence-electron chi connectivity index (χ0n) is 13.1. The van der Waals surface area contributed by atoms with E-state index in [1.165, 1.54) is 16.7 Å². The van der Waals surface area contributed by atoms with Crippen molar-refractivity contribution in [3.8, 4) is 11.5 Å². The van der Waals surface area contributed by atoms with Crippen molar-refractivity contribution in [2.75, 3.05) is 14.2 Å². The molecule has 21 heavy (non-hydrogen) atoms. The van der Waals surface area contributed by atoms with Gasteiger partial charge in [0.1, 0.15) is 0 Å². The number of hydrogen-bond donors (Lipinski definition) is 1. The summed E-state index contributed by atoms with van der Waals surface area (Å²) >= 11 is 0. The molecule has 0 radical (unpaired) electrons. The lowest BCUT2D eigenvalue weighted by Gasteiger charge is -2.17. The van der Waals surface area contributed by atoms with E-state index in [2.05, 4.69) is 49.5 Å². The lowest BCUT2D eigenvalue weighted by atomic mass is 10.0. The number of rotatable bonds is 6. The van der Waals surface area contributed by atoms with Gasteiger partial charge in [-0.1, -0.05) is 30.3 Å². The lowest BCUT2D eigenvalue weighted by Crippen LogP contribution is -2.18. The van der Waals surface area contributed by atoms with E-state index >= 15 is 0 Å². The molecule has 3 heteroatoms. The molecule has 112 valence electrons. The lowest BCUT2D eigenvalue weighted by molar-refractivity contribution is 0.354. The first-order valence-electron chi connectivity index (χ1n) is 7.15. The van der Waals surface area contributed by atoms with Gasteiger partial charge >= 0.3 is 0 Å². The van der Waals surface area contributed by atoms with Crippen LogP contribution in [0.5, 0.6) is 11.5 Å². The van der Waals surface area contributed by atoms with Crippen molar-refractivity contribution < 1.29 is 9.47 Å². The number of aryl methyl sites for hydroxylation is 1. The number of benzene rings is 2. The van der Waals surface area contributed by atoms with Gasteiger partial charge in [-0.05, 0) is 42.7 Å². The second kappa shape index (κ2) is 7.14. The Morgan fingerprint density at radius 3 is 2.38 bits per heavy atom. The van der Waals surface area contributed by atoms with Gasteiger partial charge in [-0.15, -0.1) is 0 Å². The van der Waals surface area contributed by atoms with E-state index in [1.807, 2.05) is 12.1 Å². The Morgan fingerprint density at radius 2 is 1.71 bits per heavy atom. The number of ether oxygens (including phenoxy) is 2. The first-order valence-corrected chi connectivity index (χ1v) is 7.15. The van der Waals surface area contributed by atoms with E-state index in [0.717, 1.165) is 18.0 Å². The van der Waals surface area contributed by atoms with E-state index < -0.39 is 0 Å². The summed E-state index contributed by atoms with van der Waals surface area (Å²) in [4.78, 5) is 0. The average Bonchev–Trinajstić information content (AvgIpc) is 2.52. The summed E-state index contributed by atoms with van der Waals surface area (Å²) in [6.45, 7) is 5.11. The molecule has 1 N–H and O–H groups in total. The third-order valence-electron chi connectivity index (χ3n) is 3.72. The number of hydrogen-bond acceptors (Lipinski definition) is 3. The topological polar surface area (TPSA) is 30.5 Å². The highest BCUT2D eigenvalue weighted by atomic mass is 16.5. The molecule has 0 aromatic heterocycles. The molecule has 0 amide bonds. The van der Waals surface area contributed by atoms with Crippen molar-refractivity contribution in [2.24, 2.45) is 0 Å². The highest BCUT2D eigenvalue weighted by Gasteiger charge is 2.09. The maximum absolute atomic E-state index is 5.33. The molecule has 0 heterocycles. The predicted octanol–water partition coefficient (Wildman–Crippen LogP) is 3.86. The van der Waals surface area contributed by atoms with Crippen LogP contribution in [0.3, 0.4) is 0 Å². The standard InChI is InChI=1S/C18H23NO2/c1-13-7-5-6-8-16(13)14(2)19-12-15-9-10-17(20-3)18(11-15)21-4/h5-11,14,19H,12H2,1-4H3/t14-/m1/s1. The third-order valence-corrected chi connectivity index (χ3v) is 3.72. The molecule has 2 aromatic rings. The van der Waals surface area contributed by atoms with Crippen molar-refractivity contribution in [3.05, 3.63) is 59.2 Å². The van der Waals surface area contributed by atoms with Crippen LogP contribution in [0, 0.1) is 6.92 Å². The quantitative estimate of drug-likeness (QED) is 0.874. The largest absolute Gasteiger partial charge is 0.493 e. The van der Waals surface area contributed by atoms with Gasteiger partial charge in [-0.2, -0.15) is 0 Å². The van der Waals surface area contributed by atoms with E-state index in [9.17, 15) is 0 Å². The van der Waals surface area contributed by atoms with Gasteiger partial charge in [0, 0.05) is 12.6 Å².